The number of fused-ring (bicyclic) bond motifs is 8. The van der Waals surface area contributed by atoms with Crippen molar-refractivity contribution in [3.8, 4) is 17.2 Å². The van der Waals surface area contributed by atoms with E-state index in [1.54, 1.807) is 36.4 Å². The van der Waals surface area contributed by atoms with Gasteiger partial charge in [0.2, 0.25) is 0 Å². The van der Waals surface area contributed by atoms with Crippen molar-refractivity contribution < 1.29 is 45.0 Å². The minimum atomic E-state index is -1.38. The lowest BCUT2D eigenvalue weighted by Gasteiger charge is -2.38. The SMILES string of the molecule is O=C1CCc2cc(OC3CCCC3)c(O)c(c2)[C@@H](O)c2ccc(CCCO)c(c2)Cc2cc[nH]c2NCC2=Cc3[nH]ccc3[C@@H](C[C@]3(O)C=Cc4c(O)cccc4CC3)[C@@H]2C(=O)[C@@H]1CCO. The molecule has 9 rings (SSSR count). The molecule has 2 aromatic heterocycles. The first-order valence-corrected chi connectivity index (χ1v) is 23.6. The summed E-state index contributed by atoms with van der Waals surface area (Å²) in [5, 5.41) is 70.9. The standard InChI is InChI=1S/C54H61N3O9/c58-23-4-6-33-11-12-35-27-37(33)28-36-16-21-56-53(36)57-31-38-29-45-41(17-22-55-45)44(30-54(65)19-14-34-5-3-9-46(60)40(34)15-20-54)49(38)52(64)42(18-24-59)47(61)13-10-32-25-43(50(35)62)51(63)48(26-32)66-39-7-1-2-8-39/h3,5,9,11-12,15-17,20-22,25-27,29,39,42,44,49-50,55-60,62-63,65H,1-2,4,6-8,10,13-14,18-19,23-24,28,30-31H2/t42-,44-,49-,50+,54-/m1/s1. The van der Waals surface area contributed by atoms with E-state index in [0.717, 1.165) is 70.6 Å². The minimum Gasteiger partial charge on any atom is -0.507 e. The quantitative estimate of drug-likeness (QED) is 0.0658. The first-order chi connectivity index (χ1) is 32.0. The van der Waals surface area contributed by atoms with Gasteiger partial charge in [-0.15, -0.1) is 0 Å². The third kappa shape index (κ3) is 9.37. The van der Waals surface area contributed by atoms with Gasteiger partial charge < -0.3 is 50.7 Å². The second kappa shape index (κ2) is 19.5. The van der Waals surface area contributed by atoms with Crippen molar-refractivity contribution in [2.24, 2.45) is 11.8 Å². The molecule has 0 radical (unpaired) electrons. The van der Waals surface area contributed by atoms with Crippen LogP contribution < -0.4 is 10.1 Å². The molecule has 12 nitrogen and oxygen atoms in total. The van der Waals surface area contributed by atoms with Gasteiger partial charge in [0, 0.05) is 73.7 Å². The number of ketones is 2. The molecule has 0 spiro atoms. The van der Waals surface area contributed by atoms with Crippen LogP contribution in [0.2, 0.25) is 0 Å². The number of nitrogens with one attached hydrogen (secondary N) is 3. The number of rotatable bonds is 9. The van der Waals surface area contributed by atoms with Crippen LogP contribution in [0.3, 0.4) is 0 Å². The fourth-order valence-electron chi connectivity index (χ4n) is 10.9. The number of anilines is 1. The van der Waals surface area contributed by atoms with Gasteiger partial charge in [0.05, 0.1) is 17.6 Å². The summed E-state index contributed by atoms with van der Waals surface area (Å²) in [4.78, 5) is 36.8. The maximum atomic E-state index is 15.5. The number of aryl methyl sites for hydroxylation is 3. The van der Waals surface area contributed by atoms with Crippen molar-refractivity contribution in [3.05, 3.63) is 140 Å². The normalized spacial score (nSPS) is 23.5. The topological polar surface area (TPSA) is 208 Å². The first-order valence-electron chi connectivity index (χ1n) is 23.6. The molecular formula is C54H61N3O9. The van der Waals surface area contributed by atoms with E-state index in [1.807, 2.05) is 54.9 Å². The molecule has 0 unspecified atom stereocenters. The summed E-state index contributed by atoms with van der Waals surface area (Å²) in [6, 6.07) is 18.5. The van der Waals surface area contributed by atoms with Gasteiger partial charge in [-0.05, 0) is 152 Å². The molecule has 1 aliphatic heterocycles. The van der Waals surface area contributed by atoms with Crippen LogP contribution >= 0.6 is 0 Å². The fourth-order valence-corrected chi connectivity index (χ4v) is 10.9. The van der Waals surface area contributed by atoms with Crippen LogP contribution in [0.1, 0.15) is 126 Å². The van der Waals surface area contributed by atoms with Crippen molar-refractivity contribution in [1.29, 1.82) is 0 Å². The Morgan fingerprint density at radius 3 is 2.50 bits per heavy atom. The number of aromatic nitrogens is 2. The number of aromatic amines is 2. The highest BCUT2D eigenvalue weighted by atomic mass is 16.5. The molecule has 0 saturated heterocycles. The number of aromatic hydroxyl groups is 2. The Kier molecular flexibility index (Phi) is 13.4. The number of benzene rings is 3. The van der Waals surface area contributed by atoms with Gasteiger partial charge in [-0.3, -0.25) is 9.59 Å². The Bertz CT molecular complexity index is 2640. The van der Waals surface area contributed by atoms with E-state index in [9.17, 15) is 35.4 Å². The maximum Gasteiger partial charge on any atom is 0.163 e. The van der Waals surface area contributed by atoms with Crippen LogP contribution in [-0.2, 0) is 35.3 Å². The molecule has 5 aromatic rings. The molecule has 3 heterocycles. The third-order valence-electron chi connectivity index (χ3n) is 14.5. The molecule has 3 aliphatic carbocycles. The molecule has 1 saturated carbocycles. The van der Waals surface area contributed by atoms with E-state index in [2.05, 4.69) is 15.3 Å². The van der Waals surface area contributed by atoms with Crippen LogP contribution in [-0.4, -0.2) is 83.6 Å². The molecule has 5 atom stereocenters. The number of aliphatic hydroxyl groups excluding tert-OH is 3. The zero-order valence-corrected chi connectivity index (χ0v) is 37.3. The van der Waals surface area contributed by atoms with E-state index >= 15 is 4.79 Å². The van der Waals surface area contributed by atoms with Gasteiger partial charge in [-0.1, -0.05) is 42.5 Å². The lowest BCUT2D eigenvalue weighted by Crippen LogP contribution is -2.40. The summed E-state index contributed by atoms with van der Waals surface area (Å²) in [5.74, 6) is -2.32. The second-order valence-electron chi connectivity index (χ2n) is 18.8. The number of carbonyl (C=O) groups excluding carboxylic acids is 2. The van der Waals surface area contributed by atoms with Crippen molar-refractivity contribution in [2.75, 3.05) is 25.1 Å². The molecule has 346 valence electrons. The van der Waals surface area contributed by atoms with E-state index in [0.29, 0.717) is 48.8 Å². The van der Waals surface area contributed by atoms with Crippen LogP contribution in [0.4, 0.5) is 5.82 Å². The molecule has 4 aliphatic rings. The van der Waals surface area contributed by atoms with E-state index in [4.69, 9.17) is 4.74 Å². The number of phenolic OH excluding ortho intramolecular Hbond substituents is 2. The van der Waals surface area contributed by atoms with E-state index in [-0.39, 0.29) is 85.9 Å². The molecule has 12 heteroatoms. The predicted octanol–water partition coefficient (Wildman–Crippen LogP) is 7.75. The van der Waals surface area contributed by atoms with Crippen molar-refractivity contribution in [1.82, 2.24) is 9.97 Å². The number of phenols is 2. The van der Waals surface area contributed by atoms with Crippen molar-refractivity contribution in [2.45, 2.75) is 107 Å². The number of H-pyrrole nitrogens is 2. The van der Waals surface area contributed by atoms with Crippen molar-refractivity contribution in [3.63, 3.8) is 0 Å². The monoisotopic (exact) mass is 895 g/mol. The van der Waals surface area contributed by atoms with Gasteiger partial charge >= 0.3 is 0 Å². The Morgan fingerprint density at radius 1 is 0.848 bits per heavy atom. The van der Waals surface area contributed by atoms with Crippen LogP contribution in [0.25, 0.3) is 12.2 Å². The van der Waals surface area contributed by atoms with Gasteiger partial charge in [-0.25, -0.2) is 0 Å². The molecule has 66 heavy (non-hydrogen) atoms. The zero-order chi connectivity index (χ0) is 46.0. The van der Waals surface area contributed by atoms with Crippen LogP contribution in [0.15, 0.2) is 84.7 Å². The minimum absolute atomic E-state index is 0.0241. The summed E-state index contributed by atoms with van der Waals surface area (Å²) in [5.41, 5.74) is 6.91. The molecule has 3 aromatic carbocycles. The van der Waals surface area contributed by atoms with Crippen molar-refractivity contribution >= 4 is 29.5 Å². The highest BCUT2D eigenvalue weighted by molar-refractivity contribution is 6.05. The molecule has 1 fully saturated rings. The predicted molar refractivity (Wildman–Crippen MR) is 253 cm³/mol. The number of hydrogen-bond donors (Lipinski definition) is 9. The Labute approximate surface area is 385 Å². The summed E-state index contributed by atoms with van der Waals surface area (Å²) in [7, 11) is 0. The highest BCUT2D eigenvalue weighted by Crippen LogP contribution is 2.47. The van der Waals surface area contributed by atoms with E-state index in [1.165, 1.54) is 0 Å². The average molecular weight is 896 g/mol. The van der Waals surface area contributed by atoms with Crippen LogP contribution in [0, 0.1) is 11.8 Å². The molecule has 9 N–H and O–H groups in total. The number of ether oxygens (including phenoxy) is 1. The van der Waals surface area contributed by atoms with Gasteiger partial charge in [0.15, 0.2) is 17.3 Å². The number of aliphatic hydroxyl groups is 4. The van der Waals surface area contributed by atoms with Crippen LogP contribution in [0.5, 0.6) is 17.2 Å². The smallest absolute Gasteiger partial charge is 0.163 e. The number of Topliss-reactive ketones (excluding diaryl/α,β-unsaturated/α-hetero) is 2. The molecule has 4 bridgehead atoms. The first kappa shape index (κ1) is 45.2. The third-order valence-corrected chi connectivity index (χ3v) is 14.5. The maximum absolute atomic E-state index is 15.5. The number of hydrogen-bond acceptors (Lipinski definition) is 10. The second-order valence-corrected chi connectivity index (χ2v) is 18.8. The fraction of sp³-hybridized carbons (Fsp3) is 0.407. The molecular weight excluding hydrogens is 835 g/mol. The zero-order valence-electron chi connectivity index (χ0n) is 37.3. The van der Waals surface area contributed by atoms with E-state index < -0.39 is 29.5 Å². The van der Waals surface area contributed by atoms with Gasteiger partial charge in [0.1, 0.15) is 23.5 Å². The average Bonchev–Trinajstić information content (AvgIpc) is 4.09. The van der Waals surface area contributed by atoms with Gasteiger partial charge in [0.25, 0.3) is 0 Å². The number of carbonyl (C=O) groups is 2. The highest BCUT2D eigenvalue weighted by Gasteiger charge is 2.45. The summed E-state index contributed by atoms with van der Waals surface area (Å²) in [6.07, 6.45) is 14.2. The molecule has 0 amide bonds. The Morgan fingerprint density at radius 2 is 1.68 bits per heavy atom. The van der Waals surface area contributed by atoms with Gasteiger partial charge in [-0.2, -0.15) is 0 Å². The lowest BCUT2D eigenvalue weighted by atomic mass is 9.67. The Balaban J connectivity index is 1.14. The Hall–Kier alpha value is -5.92. The largest absolute Gasteiger partial charge is 0.507 e. The summed E-state index contributed by atoms with van der Waals surface area (Å²) >= 11 is 0. The summed E-state index contributed by atoms with van der Waals surface area (Å²) in [6.45, 7) is -0.145. The summed E-state index contributed by atoms with van der Waals surface area (Å²) < 4.78 is 6.40. The lowest BCUT2D eigenvalue weighted by molar-refractivity contribution is -0.135.